The van der Waals surface area contributed by atoms with Gasteiger partial charge < -0.3 is 10.2 Å². The summed E-state index contributed by atoms with van der Waals surface area (Å²) >= 11 is 0. The van der Waals surface area contributed by atoms with E-state index in [2.05, 4.69) is 24.2 Å². The van der Waals surface area contributed by atoms with Gasteiger partial charge in [-0.2, -0.15) is 0 Å². The van der Waals surface area contributed by atoms with Crippen molar-refractivity contribution in [2.75, 3.05) is 25.5 Å². The minimum Gasteiger partial charge on any atom is -0.326 e. The van der Waals surface area contributed by atoms with Crippen LogP contribution in [0.3, 0.4) is 0 Å². The predicted molar refractivity (Wildman–Crippen MR) is 85.9 cm³/mol. The summed E-state index contributed by atoms with van der Waals surface area (Å²) in [5.41, 5.74) is 0.719. The molecule has 0 aromatic heterocycles. The molecular weight excluding hydrogens is 248 g/mol. The summed E-state index contributed by atoms with van der Waals surface area (Å²) in [6.45, 7) is 8.14. The van der Waals surface area contributed by atoms with Gasteiger partial charge in [0.2, 0.25) is 5.91 Å². The van der Waals surface area contributed by atoms with Crippen molar-refractivity contribution in [3.63, 3.8) is 0 Å². The molecular formula is C17H28N2O. The molecule has 1 heterocycles. The van der Waals surface area contributed by atoms with Crippen molar-refractivity contribution in [1.82, 2.24) is 4.90 Å². The van der Waals surface area contributed by atoms with E-state index >= 15 is 0 Å². The first-order chi connectivity index (χ1) is 9.66. The summed E-state index contributed by atoms with van der Waals surface area (Å²) in [5.74, 6) is 0.185. The lowest BCUT2D eigenvalue weighted by molar-refractivity contribution is -0.128. The first-order valence-corrected chi connectivity index (χ1v) is 7.71. The number of hydrogen-bond donors (Lipinski definition) is 1. The largest absolute Gasteiger partial charge is 0.326 e. The number of para-hydroxylation sites is 1. The van der Waals surface area contributed by atoms with Gasteiger partial charge in [-0.1, -0.05) is 39.0 Å². The Labute approximate surface area is 123 Å². The number of likely N-dealkylation sites (tertiary alicyclic amines) is 1. The Morgan fingerprint density at radius 1 is 1.20 bits per heavy atom. The van der Waals surface area contributed by atoms with Crippen LogP contribution in [0.25, 0.3) is 0 Å². The van der Waals surface area contributed by atoms with Crippen LogP contribution in [0.1, 0.15) is 40.0 Å². The first-order valence-electron chi connectivity index (χ1n) is 7.71. The Bertz CT molecular complexity index is 395. The van der Waals surface area contributed by atoms with Gasteiger partial charge in [0.15, 0.2) is 0 Å². The smallest absolute Gasteiger partial charge is 0.230 e. The fourth-order valence-corrected chi connectivity index (χ4v) is 2.57. The standard InChI is InChI=1S/C15H22N2O.C2H6/c1-3-15(9-11-17(2)12-10-15)14(18)16-13-7-5-4-6-8-13;1-2/h4-8H,3,9-12H2,1-2H3,(H,16,18);1-2H3. The molecule has 0 atom stereocenters. The zero-order valence-corrected chi connectivity index (χ0v) is 13.3. The molecule has 1 aromatic carbocycles. The number of nitrogens with one attached hydrogen (secondary N) is 1. The SMILES string of the molecule is CC.CCC1(C(=O)Nc2ccccc2)CCN(C)CC1. The summed E-state index contributed by atoms with van der Waals surface area (Å²) in [6, 6.07) is 9.74. The molecule has 0 aliphatic carbocycles. The minimum absolute atomic E-state index is 0.178. The van der Waals surface area contributed by atoms with Gasteiger partial charge in [-0.15, -0.1) is 0 Å². The fourth-order valence-electron chi connectivity index (χ4n) is 2.57. The average Bonchev–Trinajstić information content (AvgIpc) is 2.51. The third-order valence-electron chi connectivity index (χ3n) is 4.13. The van der Waals surface area contributed by atoms with E-state index in [1.807, 2.05) is 44.2 Å². The van der Waals surface area contributed by atoms with E-state index in [1.54, 1.807) is 0 Å². The van der Waals surface area contributed by atoms with Crippen LogP contribution in [0.5, 0.6) is 0 Å². The maximum atomic E-state index is 12.5. The molecule has 3 heteroatoms. The number of benzene rings is 1. The van der Waals surface area contributed by atoms with Crippen LogP contribution < -0.4 is 5.32 Å². The molecule has 1 aliphatic heterocycles. The van der Waals surface area contributed by atoms with E-state index in [4.69, 9.17) is 0 Å². The van der Waals surface area contributed by atoms with E-state index in [0.717, 1.165) is 38.0 Å². The topological polar surface area (TPSA) is 32.3 Å². The van der Waals surface area contributed by atoms with Crippen molar-refractivity contribution in [2.45, 2.75) is 40.0 Å². The maximum absolute atomic E-state index is 12.5. The molecule has 1 fully saturated rings. The maximum Gasteiger partial charge on any atom is 0.230 e. The molecule has 0 spiro atoms. The van der Waals surface area contributed by atoms with Crippen LogP contribution in [0.4, 0.5) is 5.69 Å². The molecule has 3 nitrogen and oxygen atoms in total. The Hall–Kier alpha value is -1.35. The fraction of sp³-hybridized carbons (Fsp3) is 0.588. The van der Waals surface area contributed by atoms with Gasteiger partial charge in [-0.25, -0.2) is 0 Å². The number of carbonyl (C=O) groups excluding carboxylic acids is 1. The molecule has 1 aliphatic rings. The van der Waals surface area contributed by atoms with E-state index < -0.39 is 0 Å². The first kappa shape index (κ1) is 16.7. The van der Waals surface area contributed by atoms with Crippen LogP contribution in [-0.4, -0.2) is 30.9 Å². The summed E-state index contributed by atoms with van der Waals surface area (Å²) in [4.78, 5) is 14.8. The van der Waals surface area contributed by atoms with E-state index in [-0.39, 0.29) is 11.3 Å². The molecule has 2 rings (SSSR count). The third-order valence-corrected chi connectivity index (χ3v) is 4.13. The van der Waals surface area contributed by atoms with Crippen molar-refractivity contribution in [2.24, 2.45) is 5.41 Å². The van der Waals surface area contributed by atoms with Crippen LogP contribution in [0, 0.1) is 5.41 Å². The number of rotatable bonds is 3. The molecule has 20 heavy (non-hydrogen) atoms. The molecule has 1 amide bonds. The number of nitrogens with zero attached hydrogens (tertiary/aromatic N) is 1. The third kappa shape index (κ3) is 4.07. The predicted octanol–water partition coefficient (Wildman–Crippen LogP) is 3.77. The van der Waals surface area contributed by atoms with E-state index in [0.29, 0.717) is 0 Å². The Kier molecular flexibility index (Phi) is 6.73. The van der Waals surface area contributed by atoms with Gasteiger partial charge in [-0.05, 0) is 51.5 Å². The van der Waals surface area contributed by atoms with Crippen LogP contribution in [-0.2, 0) is 4.79 Å². The van der Waals surface area contributed by atoms with Gasteiger partial charge >= 0.3 is 0 Å². The second kappa shape index (κ2) is 8.05. The number of amides is 1. The second-order valence-electron chi connectivity index (χ2n) is 5.26. The normalized spacial score (nSPS) is 17.8. The number of hydrogen-bond acceptors (Lipinski definition) is 2. The number of anilines is 1. The molecule has 1 aromatic rings. The lowest BCUT2D eigenvalue weighted by Crippen LogP contribution is -2.45. The lowest BCUT2D eigenvalue weighted by atomic mass is 9.75. The lowest BCUT2D eigenvalue weighted by Gasteiger charge is -2.38. The Morgan fingerprint density at radius 3 is 2.25 bits per heavy atom. The highest BCUT2D eigenvalue weighted by Crippen LogP contribution is 2.35. The highest BCUT2D eigenvalue weighted by molar-refractivity contribution is 5.95. The highest BCUT2D eigenvalue weighted by atomic mass is 16.2. The number of piperidine rings is 1. The van der Waals surface area contributed by atoms with Crippen molar-refractivity contribution < 1.29 is 4.79 Å². The summed E-state index contributed by atoms with van der Waals surface area (Å²) < 4.78 is 0. The Morgan fingerprint density at radius 2 is 1.75 bits per heavy atom. The molecule has 112 valence electrons. The van der Waals surface area contributed by atoms with Gasteiger partial charge in [-0.3, -0.25) is 4.79 Å². The number of carbonyl (C=O) groups is 1. The van der Waals surface area contributed by atoms with Crippen molar-refractivity contribution in [3.05, 3.63) is 30.3 Å². The van der Waals surface area contributed by atoms with Crippen molar-refractivity contribution in [3.8, 4) is 0 Å². The van der Waals surface area contributed by atoms with Crippen LogP contribution in [0.15, 0.2) is 30.3 Å². The van der Waals surface area contributed by atoms with Gasteiger partial charge in [0.25, 0.3) is 0 Å². The van der Waals surface area contributed by atoms with Gasteiger partial charge in [0.05, 0.1) is 5.41 Å². The van der Waals surface area contributed by atoms with Crippen molar-refractivity contribution in [1.29, 1.82) is 0 Å². The van der Waals surface area contributed by atoms with Crippen molar-refractivity contribution >= 4 is 11.6 Å². The molecule has 1 N–H and O–H groups in total. The van der Waals surface area contributed by atoms with E-state index in [1.165, 1.54) is 0 Å². The van der Waals surface area contributed by atoms with Gasteiger partial charge in [0, 0.05) is 5.69 Å². The van der Waals surface area contributed by atoms with Crippen LogP contribution in [0.2, 0.25) is 0 Å². The van der Waals surface area contributed by atoms with Gasteiger partial charge in [0.1, 0.15) is 0 Å². The average molecular weight is 276 g/mol. The van der Waals surface area contributed by atoms with Crippen LogP contribution >= 0.6 is 0 Å². The molecule has 0 saturated carbocycles. The summed E-state index contributed by atoms with van der Waals surface area (Å²) in [5, 5.41) is 3.06. The quantitative estimate of drug-likeness (QED) is 0.911. The zero-order chi connectivity index (χ0) is 15.0. The minimum atomic E-state index is -0.178. The zero-order valence-electron chi connectivity index (χ0n) is 13.3. The van der Waals surface area contributed by atoms with E-state index in [9.17, 15) is 4.79 Å². The monoisotopic (exact) mass is 276 g/mol. The molecule has 0 bridgehead atoms. The summed E-state index contributed by atoms with van der Waals surface area (Å²) in [7, 11) is 2.12. The molecule has 0 radical (unpaired) electrons. The molecule has 0 unspecified atom stereocenters. The highest BCUT2D eigenvalue weighted by Gasteiger charge is 2.38. The molecule has 1 saturated heterocycles. The summed E-state index contributed by atoms with van der Waals surface area (Å²) in [6.07, 6.45) is 2.83. The Balaban J connectivity index is 0.000000956. The second-order valence-corrected chi connectivity index (χ2v) is 5.26.